The Bertz CT molecular complexity index is 761. The fraction of sp³-hybridized carbons (Fsp3) is 0.368. The number of aliphatic hydroxyl groups excluding tert-OH is 3. The van der Waals surface area contributed by atoms with Crippen molar-refractivity contribution in [2.24, 2.45) is 0 Å². The van der Waals surface area contributed by atoms with Gasteiger partial charge in [-0.3, -0.25) is 0 Å². The number of rotatable bonds is 3. The average molecular weight is 360 g/mol. The summed E-state index contributed by atoms with van der Waals surface area (Å²) in [6, 6.07) is 13.0. The van der Waals surface area contributed by atoms with Crippen molar-refractivity contribution in [2.45, 2.75) is 24.6 Å². The molecule has 0 aromatic heterocycles. The van der Waals surface area contributed by atoms with Crippen LogP contribution >= 0.6 is 0 Å². The van der Waals surface area contributed by atoms with Crippen molar-refractivity contribution in [3.05, 3.63) is 42.5 Å². The van der Waals surface area contributed by atoms with Crippen LogP contribution in [0.3, 0.4) is 0 Å². The number of hydrogen-bond donors (Lipinski definition) is 3. The second-order valence-corrected chi connectivity index (χ2v) is 6.25. The first-order chi connectivity index (χ1) is 12.6. The molecule has 0 saturated carbocycles. The van der Waals surface area contributed by atoms with E-state index in [2.05, 4.69) is 0 Å². The number of fused-ring (bicyclic) bond motifs is 1. The predicted molar refractivity (Wildman–Crippen MR) is 91.3 cm³/mol. The first kappa shape index (κ1) is 17.1. The Morgan fingerprint density at radius 3 is 2.27 bits per heavy atom. The van der Waals surface area contributed by atoms with Crippen molar-refractivity contribution in [1.29, 1.82) is 0 Å². The molecule has 0 amide bonds. The first-order valence-corrected chi connectivity index (χ1v) is 8.44. The minimum absolute atomic E-state index is 0.0990. The molecule has 7 heteroatoms. The molecule has 2 aromatic carbocycles. The summed E-state index contributed by atoms with van der Waals surface area (Å²) in [6.45, 7) is 0.991. The van der Waals surface area contributed by atoms with Gasteiger partial charge in [-0.1, -0.05) is 18.2 Å². The minimum atomic E-state index is -1.32. The summed E-state index contributed by atoms with van der Waals surface area (Å²) >= 11 is 0. The molecule has 138 valence electrons. The lowest BCUT2D eigenvalue weighted by molar-refractivity contribution is -0.242. The topological polar surface area (TPSA) is 97.6 Å². The van der Waals surface area contributed by atoms with E-state index in [0.717, 1.165) is 22.6 Å². The van der Waals surface area contributed by atoms with Crippen LogP contribution in [0.2, 0.25) is 0 Å². The van der Waals surface area contributed by atoms with E-state index in [-0.39, 0.29) is 6.61 Å². The summed E-state index contributed by atoms with van der Waals surface area (Å²) in [6.07, 6.45) is -4.78. The monoisotopic (exact) mass is 360 g/mol. The predicted octanol–water partition coefficient (Wildman–Crippen LogP) is 0.943. The van der Waals surface area contributed by atoms with Crippen molar-refractivity contribution < 1.29 is 34.3 Å². The summed E-state index contributed by atoms with van der Waals surface area (Å²) in [4.78, 5) is 0. The van der Waals surface area contributed by atoms with E-state index in [1.807, 2.05) is 30.3 Å². The molecule has 0 spiro atoms. The van der Waals surface area contributed by atoms with Gasteiger partial charge in [0.05, 0.1) is 6.61 Å². The molecular weight excluding hydrogens is 340 g/mol. The molecule has 0 radical (unpaired) electrons. The van der Waals surface area contributed by atoms with Crippen LogP contribution in [0.25, 0.3) is 11.1 Å². The van der Waals surface area contributed by atoms with E-state index in [9.17, 15) is 15.3 Å². The molecule has 2 aliphatic rings. The molecule has 2 aliphatic heterocycles. The molecule has 2 aromatic rings. The third-order valence-corrected chi connectivity index (χ3v) is 4.44. The van der Waals surface area contributed by atoms with Crippen LogP contribution in [0.4, 0.5) is 0 Å². The van der Waals surface area contributed by atoms with Crippen LogP contribution in [0.15, 0.2) is 42.5 Å². The zero-order valence-electron chi connectivity index (χ0n) is 13.9. The van der Waals surface area contributed by atoms with Gasteiger partial charge >= 0.3 is 0 Å². The molecular formula is C19H20O7. The summed E-state index contributed by atoms with van der Waals surface area (Å²) in [5.41, 5.74) is 1.95. The van der Waals surface area contributed by atoms with Crippen molar-refractivity contribution in [2.75, 3.05) is 19.8 Å². The fourth-order valence-corrected chi connectivity index (χ4v) is 2.97. The largest absolute Gasteiger partial charge is 0.486 e. The van der Waals surface area contributed by atoms with Crippen LogP contribution in [0, 0.1) is 0 Å². The van der Waals surface area contributed by atoms with Crippen LogP contribution < -0.4 is 14.2 Å². The van der Waals surface area contributed by atoms with E-state index in [1.54, 1.807) is 12.1 Å². The highest BCUT2D eigenvalue weighted by molar-refractivity contribution is 5.68. The van der Waals surface area contributed by atoms with Crippen molar-refractivity contribution in [3.8, 4) is 28.4 Å². The lowest BCUT2D eigenvalue weighted by atomic mass is 10.0. The van der Waals surface area contributed by atoms with Gasteiger partial charge in [0.25, 0.3) is 0 Å². The Balaban J connectivity index is 1.47. The molecule has 1 saturated heterocycles. The van der Waals surface area contributed by atoms with Gasteiger partial charge < -0.3 is 34.3 Å². The number of aliphatic hydroxyl groups is 3. The molecule has 26 heavy (non-hydrogen) atoms. The van der Waals surface area contributed by atoms with Crippen LogP contribution in [0.1, 0.15) is 0 Å². The van der Waals surface area contributed by atoms with Gasteiger partial charge in [-0.05, 0) is 35.4 Å². The quantitative estimate of drug-likeness (QED) is 0.749. The summed E-state index contributed by atoms with van der Waals surface area (Å²) in [5.74, 6) is 1.95. The SMILES string of the molecule is O[C@@H]1[C@@H](O)[C@@H](Oc2ccc(-c3ccc4c(c3)OCCO4)cc2)OC[C@@H]1O. The maximum absolute atomic E-state index is 9.93. The lowest BCUT2D eigenvalue weighted by Crippen LogP contribution is -2.54. The standard InChI is InChI=1S/C19H20O7/c20-14-10-25-19(18(22)17(14)21)26-13-4-1-11(2-5-13)12-3-6-15-16(9-12)24-8-7-23-15/h1-6,9,14,17-22H,7-8,10H2/t14-,17-,18+,19+/m0/s1. The highest BCUT2D eigenvalue weighted by Gasteiger charge is 2.38. The van der Waals surface area contributed by atoms with E-state index in [1.165, 1.54) is 0 Å². The number of ether oxygens (including phenoxy) is 4. The second-order valence-electron chi connectivity index (χ2n) is 6.25. The Kier molecular flexibility index (Phi) is 4.69. The maximum atomic E-state index is 9.93. The molecule has 0 bridgehead atoms. The molecule has 1 fully saturated rings. The molecule has 3 N–H and O–H groups in total. The van der Waals surface area contributed by atoms with Gasteiger partial charge in [-0.2, -0.15) is 0 Å². The molecule has 0 unspecified atom stereocenters. The second kappa shape index (κ2) is 7.13. The van der Waals surface area contributed by atoms with Crippen LogP contribution in [-0.4, -0.2) is 59.7 Å². The van der Waals surface area contributed by atoms with Gasteiger partial charge in [0, 0.05) is 0 Å². The van der Waals surface area contributed by atoms with E-state index in [0.29, 0.717) is 19.0 Å². The lowest BCUT2D eigenvalue weighted by Gasteiger charge is -2.34. The highest BCUT2D eigenvalue weighted by atomic mass is 16.7. The van der Waals surface area contributed by atoms with E-state index in [4.69, 9.17) is 18.9 Å². The van der Waals surface area contributed by atoms with Gasteiger partial charge in [0.2, 0.25) is 6.29 Å². The van der Waals surface area contributed by atoms with Crippen molar-refractivity contribution in [1.82, 2.24) is 0 Å². The van der Waals surface area contributed by atoms with E-state index < -0.39 is 24.6 Å². The molecule has 4 rings (SSSR count). The molecule has 7 nitrogen and oxygen atoms in total. The summed E-state index contributed by atoms with van der Waals surface area (Å²) < 4.78 is 21.9. The van der Waals surface area contributed by atoms with E-state index >= 15 is 0 Å². The Morgan fingerprint density at radius 1 is 0.808 bits per heavy atom. The van der Waals surface area contributed by atoms with Gasteiger partial charge in [0.15, 0.2) is 11.5 Å². The van der Waals surface area contributed by atoms with Crippen LogP contribution in [0.5, 0.6) is 17.2 Å². The number of hydrogen-bond acceptors (Lipinski definition) is 7. The average Bonchev–Trinajstić information content (AvgIpc) is 2.68. The maximum Gasteiger partial charge on any atom is 0.228 e. The minimum Gasteiger partial charge on any atom is -0.486 e. The zero-order chi connectivity index (χ0) is 18.1. The summed E-state index contributed by atoms with van der Waals surface area (Å²) in [7, 11) is 0. The van der Waals surface area contributed by atoms with Crippen LogP contribution in [-0.2, 0) is 4.74 Å². The fourth-order valence-electron chi connectivity index (χ4n) is 2.97. The third-order valence-electron chi connectivity index (χ3n) is 4.44. The zero-order valence-corrected chi connectivity index (χ0v) is 13.9. The van der Waals surface area contributed by atoms with Gasteiger partial charge in [0.1, 0.15) is 37.3 Å². The van der Waals surface area contributed by atoms with Crippen molar-refractivity contribution in [3.63, 3.8) is 0 Å². The Morgan fingerprint density at radius 2 is 1.50 bits per heavy atom. The molecule has 4 atom stereocenters. The first-order valence-electron chi connectivity index (χ1n) is 8.44. The summed E-state index contributed by atoms with van der Waals surface area (Å²) in [5, 5.41) is 29.1. The van der Waals surface area contributed by atoms with Gasteiger partial charge in [-0.15, -0.1) is 0 Å². The smallest absolute Gasteiger partial charge is 0.228 e. The normalized spacial score (nSPS) is 27.8. The molecule has 2 heterocycles. The number of benzene rings is 2. The highest BCUT2D eigenvalue weighted by Crippen LogP contribution is 2.35. The van der Waals surface area contributed by atoms with Crippen molar-refractivity contribution >= 4 is 0 Å². The Hall–Kier alpha value is -2.32. The third kappa shape index (κ3) is 3.34. The Labute approximate surface area is 150 Å². The molecule has 0 aliphatic carbocycles. The van der Waals surface area contributed by atoms with Gasteiger partial charge in [-0.25, -0.2) is 0 Å².